The molecule has 0 saturated carbocycles. The second-order valence-electron chi connectivity index (χ2n) is 3.00. The Hall–Kier alpha value is -1.12. The SMILES string of the molecule is CC(=O)NC1=C(F)C=C(C)CC1. The summed E-state index contributed by atoms with van der Waals surface area (Å²) < 4.78 is 13.0. The highest BCUT2D eigenvalue weighted by Crippen LogP contribution is 2.22. The predicted octanol–water partition coefficient (Wildman–Crippen LogP) is 2.04. The minimum atomic E-state index is -0.311. The first-order valence-corrected chi connectivity index (χ1v) is 3.93. The summed E-state index contributed by atoms with van der Waals surface area (Å²) in [7, 11) is 0. The Kier molecular flexibility index (Phi) is 2.63. The van der Waals surface area contributed by atoms with Gasteiger partial charge in [0.2, 0.25) is 5.91 Å². The first-order chi connectivity index (χ1) is 5.59. The van der Waals surface area contributed by atoms with Crippen LogP contribution in [0, 0.1) is 0 Å². The summed E-state index contributed by atoms with van der Waals surface area (Å²) in [6.07, 6.45) is 2.88. The molecule has 0 heterocycles. The van der Waals surface area contributed by atoms with Gasteiger partial charge in [0.05, 0.1) is 5.70 Å². The molecule has 3 heteroatoms. The number of hydrogen-bond acceptors (Lipinski definition) is 1. The zero-order chi connectivity index (χ0) is 9.14. The van der Waals surface area contributed by atoms with E-state index >= 15 is 0 Å². The first-order valence-electron chi connectivity index (χ1n) is 3.93. The molecule has 0 saturated heterocycles. The maximum atomic E-state index is 13.0. The molecule has 0 aromatic rings. The van der Waals surface area contributed by atoms with Crippen molar-refractivity contribution in [2.75, 3.05) is 0 Å². The number of carbonyl (C=O) groups is 1. The molecule has 0 spiro atoms. The van der Waals surface area contributed by atoms with Gasteiger partial charge in [0, 0.05) is 6.92 Å². The molecular weight excluding hydrogens is 157 g/mol. The average molecular weight is 169 g/mol. The third-order valence-electron chi connectivity index (χ3n) is 1.76. The Balaban J connectivity index is 2.76. The monoisotopic (exact) mass is 169 g/mol. The number of rotatable bonds is 1. The highest BCUT2D eigenvalue weighted by Gasteiger charge is 2.11. The molecule has 2 nitrogen and oxygen atoms in total. The molecule has 1 N–H and O–H groups in total. The summed E-state index contributed by atoms with van der Waals surface area (Å²) in [5.41, 5.74) is 1.43. The summed E-state index contributed by atoms with van der Waals surface area (Å²) in [4.78, 5) is 10.6. The van der Waals surface area contributed by atoms with Gasteiger partial charge in [0.1, 0.15) is 5.83 Å². The number of allylic oxidation sites excluding steroid dienone is 4. The maximum absolute atomic E-state index is 13.0. The summed E-state index contributed by atoms with van der Waals surface area (Å²) in [6.45, 7) is 3.26. The van der Waals surface area contributed by atoms with Crippen molar-refractivity contribution in [2.45, 2.75) is 26.7 Å². The number of halogens is 1. The normalized spacial score (nSPS) is 17.4. The van der Waals surface area contributed by atoms with Crippen LogP contribution < -0.4 is 5.32 Å². The van der Waals surface area contributed by atoms with Crippen molar-refractivity contribution in [3.63, 3.8) is 0 Å². The highest BCUT2D eigenvalue weighted by atomic mass is 19.1. The Bertz CT molecular complexity index is 266. The van der Waals surface area contributed by atoms with E-state index in [1.54, 1.807) is 0 Å². The molecule has 0 unspecified atom stereocenters. The summed E-state index contributed by atoms with van der Waals surface area (Å²) in [6, 6.07) is 0. The van der Waals surface area contributed by atoms with Crippen LogP contribution in [0.5, 0.6) is 0 Å². The van der Waals surface area contributed by atoms with Crippen LogP contribution in [0.4, 0.5) is 4.39 Å². The molecule has 1 aliphatic rings. The molecule has 0 fully saturated rings. The van der Waals surface area contributed by atoms with Gasteiger partial charge in [-0.05, 0) is 25.8 Å². The van der Waals surface area contributed by atoms with Crippen LogP contribution >= 0.6 is 0 Å². The molecule has 0 aliphatic heterocycles. The van der Waals surface area contributed by atoms with E-state index < -0.39 is 0 Å². The van der Waals surface area contributed by atoms with Gasteiger partial charge in [-0.1, -0.05) is 5.57 Å². The topological polar surface area (TPSA) is 29.1 Å². The Morgan fingerprint density at radius 1 is 1.58 bits per heavy atom. The fourth-order valence-electron chi connectivity index (χ4n) is 1.15. The lowest BCUT2D eigenvalue weighted by molar-refractivity contribution is -0.118. The standard InChI is InChI=1S/C9H12FNO/c1-6-3-4-9(8(10)5-6)11-7(2)12/h5H,3-4H2,1-2H3,(H,11,12). The second kappa shape index (κ2) is 3.52. The lowest BCUT2D eigenvalue weighted by atomic mass is 10.0. The van der Waals surface area contributed by atoms with Crippen LogP contribution in [0.25, 0.3) is 0 Å². The lowest BCUT2D eigenvalue weighted by Gasteiger charge is -2.13. The zero-order valence-electron chi connectivity index (χ0n) is 7.28. The van der Waals surface area contributed by atoms with Crippen LogP contribution in [0.15, 0.2) is 23.2 Å². The fourth-order valence-corrected chi connectivity index (χ4v) is 1.15. The molecule has 0 bridgehead atoms. The quantitative estimate of drug-likeness (QED) is 0.639. The van der Waals surface area contributed by atoms with E-state index in [1.807, 2.05) is 6.92 Å². The molecule has 0 atom stereocenters. The number of hydrogen-bond donors (Lipinski definition) is 1. The molecular formula is C9H12FNO. The van der Waals surface area contributed by atoms with Crippen molar-refractivity contribution >= 4 is 5.91 Å². The van der Waals surface area contributed by atoms with Crippen LogP contribution in [0.3, 0.4) is 0 Å². The second-order valence-corrected chi connectivity index (χ2v) is 3.00. The third-order valence-corrected chi connectivity index (χ3v) is 1.76. The Morgan fingerprint density at radius 2 is 2.25 bits per heavy atom. The molecule has 1 amide bonds. The van der Waals surface area contributed by atoms with Crippen LogP contribution in [-0.2, 0) is 4.79 Å². The molecule has 1 aliphatic carbocycles. The van der Waals surface area contributed by atoms with Crippen LogP contribution in [0.1, 0.15) is 26.7 Å². The van der Waals surface area contributed by atoms with E-state index in [0.29, 0.717) is 12.1 Å². The molecule has 0 aromatic carbocycles. The highest BCUT2D eigenvalue weighted by molar-refractivity contribution is 5.75. The molecule has 0 radical (unpaired) electrons. The number of nitrogens with one attached hydrogen (secondary N) is 1. The van der Waals surface area contributed by atoms with Crippen molar-refractivity contribution in [2.24, 2.45) is 0 Å². The first kappa shape index (κ1) is 8.97. The summed E-state index contributed by atoms with van der Waals surface area (Å²) >= 11 is 0. The maximum Gasteiger partial charge on any atom is 0.221 e. The zero-order valence-corrected chi connectivity index (χ0v) is 7.28. The fraction of sp³-hybridized carbons (Fsp3) is 0.444. The van der Waals surface area contributed by atoms with Gasteiger partial charge in [-0.2, -0.15) is 0 Å². The molecule has 0 aromatic heterocycles. The summed E-state index contributed by atoms with van der Waals surface area (Å²) in [5.74, 6) is -0.526. The van der Waals surface area contributed by atoms with Crippen LogP contribution in [-0.4, -0.2) is 5.91 Å². The molecule has 1 rings (SSSR count). The smallest absolute Gasteiger partial charge is 0.221 e. The number of amides is 1. The van der Waals surface area contributed by atoms with Crippen molar-refractivity contribution < 1.29 is 9.18 Å². The average Bonchev–Trinajstić information content (AvgIpc) is 1.94. The van der Waals surface area contributed by atoms with Crippen molar-refractivity contribution in [1.29, 1.82) is 0 Å². The van der Waals surface area contributed by atoms with Gasteiger partial charge >= 0.3 is 0 Å². The van der Waals surface area contributed by atoms with E-state index in [4.69, 9.17) is 0 Å². The minimum Gasteiger partial charge on any atom is -0.327 e. The van der Waals surface area contributed by atoms with Gasteiger partial charge in [-0.25, -0.2) is 4.39 Å². The lowest BCUT2D eigenvalue weighted by Crippen LogP contribution is -2.21. The Labute approximate surface area is 71.2 Å². The van der Waals surface area contributed by atoms with E-state index in [2.05, 4.69) is 5.32 Å². The summed E-state index contributed by atoms with van der Waals surface area (Å²) in [5, 5.41) is 2.47. The van der Waals surface area contributed by atoms with Crippen molar-refractivity contribution in [3.05, 3.63) is 23.2 Å². The van der Waals surface area contributed by atoms with Crippen molar-refractivity contribution in [3.8, 4) is 0 Å². The van der Waals surface area contributed by atoms with E-state index in [-0.39, 0.29) is 11.7 Å². The van der Waals surface area contributed by atoms with E-state index in [0.717, 1.165) is 12.0 Å². The minimum absolute atomic E-state index is 0.215. The molecule has 12 heavy (non-hydrogen) atoms. The van der Waals surface area contributed by atoms with Gasteiger partial charge in [0.15, 0.2) is 0 Å². The van der Waals surface area contributed by atoms with Gasteiger partial charge in [0.25, 0.3) is 0 Å². The third kappa shape index (κ3) is 2.19. The molecule has 66 valence electrons. The van der Waals surface area contributed by atoms with Gasteiger partial charge in [-0.3, -0.25) is 4.79 Å². The Morgan fingerprint density at radius 3 is 2.75 bits per heavy atom. The number of carbonyl (C=O) groups excluding carboxylic acids is 1. The van der Waals surface area contributed by atoms with Gasteiger partial charge < -0.3 is 5.32 Å². The largest absolute Gasteiger partial charge is 0.327 e. The van der Waals surface area contributed by atoms with Gasteiger partial charge in [-0.15, -0.1) is 0 Å². The van der Waals surface area contributed by atoms with E-state index in [9.17, 15) is 9.18 Å². The van der Waals surface area contributed by atoms with E-state index in [1.165, 1.54) is 13.0 Å². The van der Waals surface area contributed by atoms with Crippen LogP contribution in [0.2, 0.25) is 0 Å². The predicted molar refractivity (Wildman–Crippen MR) is 44.9 cm³/mol. The van der Waals surface area contributed by atoms with Crippen molar-refractivity contribution in [1.82, 2.24) is 5.32 Å².